The van der Waals surface area contributed by atoms with Gasteiger partial charge in [-0.25, -0.2) is 0 Å². The van der Waals surface area contributed by atoms with Crippen molar-refractivity contribution in [3.05, 3.63) is 53.6 Å². The molecule has 2 aromatic carbocycles. The summed E-state index contributed by atoms with van der Waals surface area (Å²) in [6.45, 7) is 1.62. The van der Waals surface area contributed by atoms with Gasteiger partial charge in [0.05, 0.1) is 11.3 Å². The molecular weight excluding hydrogens is 390 g/mol. The lowest BCUT2D eigenvalue weighted by Crippen LogP contribution is -2.50. The number of piperazine rings is 1. The third-order valence-corrected chi connectivity index (χ3v) is 6.15. The van der Waals surface area contributed by atoms with Crippen LogP contribution < -0.4 is 5.32 Å². The summed E-state index contributed by atoms with van der Waals surface area (Å²) in [7, 11) is 0. The SMILES string of the molecule is O=C1CCSc2ccc(C(=O)N3CCN(C(=O)c4ccccc4O)CC3)cc2N1. The summed E-state index contributed by atoms with van der Waals surface area (Å²) in [5.41, 5.74) is 1.47. The summed E-state index contributed by atoms with van der Waals surface area (Å²) in [4.78, 5) is 41.6. The Morgan fingerprint density at radius 2 is 1.66 bits per heavy atom. The van der Waals surface area contributed by atoms with Crippen LogP contribution in [0.25, 0.3) is 0 Å². The van der Waals surface area contributed by atoms with E-state index >= 15 is 0 Å². The lowest BCUT2D eigenvalue weighted by molar-refractivity contribution is -0.115. The fraction of sp³-hybridized carbons (Fsp3) is 0.286. The second-order valence-corrected chi connectivity index (χ2v) is 8.10. The van der Waals surface area contributed by atoms with Crippen molar-refractivity contribution in [2.45, 2.75) is 11.3 Å². The average molecular weight is 411 g/mol. The van der Waals surface area contributed by atoms with E-state index in [2.05, 4.69) is 5.32 Å². The maximum absolute atomic E-state index is 12.9. The standard InChI is InChI=1S/C21H21N3O4S/c25-17-4-2-1-3-15(17)21(28)24-10-8-23(9-11-24)20(27)14-5-6-18-16(13-14)22-19(26)7-12-29-18/h1-6,13,25H,7-12H2,(H,22,26). The number of nitrogens with zero attached hydrogens (tertiary/aromatic N) is 2. The first-order valence-corrected chi connectivity index (χ1v) is 10.4. The molecule has 2 heterocycles. The smallest absolute Gasteiger partial charge is 0.257 e. The molecule has 1 saturated heterocycles. The zero-order valence-electron chi connectivity index (χ0n) is 15.8. The largest absolute Gasteiger partial charge is 0.507 e. The molecule has 0 bridgehead atoms. The van der Waals surface area contributed by atoms with Gasteiger partial charge in [-0.1, -0.05) is 12.1 Å². The highest BCUT2D eigenvalue weighted by molar-refractivity contribution is 7.99. The number of amides is 3. The molecule has 0 spiro atoms. The van der Waals surface area contributed by atoms with Crippen LogP contribution >= 0.6 is 11.8 Å². The van der Waals surface area contributed by atoms with Gasteiger partial charge in [-0.3, -0.25) is 14.4 Å². The maximum atomic E-state index is 12.9. The lowest BCUT2D eigenvalue weighted by Gasteiger charge is -2.35. The van der Waals surface area contributed by atoms with Crippen molar-refractivity contribution in [1.29, 1.82) is 0 Å². The number of para-hydroxylation sites is 1. The Labute approximate surface area is 172 Å². The zero-order chi connectivity index (χ0) is 20.4. The first kappa shape index (κ1) is 19.3. The number of aromatic hydroxyl groups is 1. The Morgan fingerprint density at radius 3 is 2.38 bits per heavy atom. The van der Waals surface area contributed by atoms with E-state index < -0.39 is 0 Å². The second kappa shape index (κ2) is 8.16. The third-order valence-electron chi connectivity index (χ3n) is 5.08. The van der Waals surface area contributed by atoms with Crippen molar-refractivity contribution in [2.75, 3.05) is 37.2 Å². The van der Waals surface area contributed by atoms with E-state index in [1.807, 2.05) is 6.07 Å². The monoisotopic (exact) mass is 411 g/mol. The van der Waals surface area contributed by atoms with E-state index in [0.29, 0.717) is 43.9 Å². The van der Waals surface area contributed by atoms with Gasteiger partial charge in [0.15, 0.2) is 0 Å². The fourth-order valence-electron chi connectivity index (χ4n) is 3.47. The number of phenolic OH excluding ortho intramolecular Hbond substituents is 1. The number of anilines is 1. The predicted octanol–water partition coefficient (Wildman–Crippen LogP) is 2.42. The Balaban J connectivity index is 1.42. The van der Waals surface area contributed by atoms with E-state index in [1.54, 1.807) is 51.9 Å². The molecule has 150 valence electrons. The van der Waals surface area contributed by atoms with Crippen molar-refractivity contribution in [2.24, 2.45) is 0 Å². The topological polar surface area (TPSA) is 90.0 Å². The highest BCUT2D eigenvalue weighted by Gasteiger charge is 2.27. The molecule has 8 heteroatoms. The van der Waals surface area contributed by atoms with Gasteiger partial charge in [-0.05, 0) is 30.3 Å². The van der Waals surface area contributed by atoms with Crippen molar-refractivity contribution in [3.8, 4) is 5.75 Å². The molecule has 3 amide bonds. The van der Waals surface area contributed by atoms with Gasteiger partial charge < -0.3 is 20.2 Å². The summed E-state index contributed by atoms with van der Waals surface area (Å²) in [6.07, 6.45) is 0.454. The number of hydrogen-bond donors (Lipinski definition) is 2. The van der Waals surface area contributed by atoms with E-state index in [4.69, 9.17) is 0 Å². The Bertz CT molecular complexity index is 970. The molecule has 0 unspecified atom stereocenters. The summed E-state index contributed by atoms with van der Waals surface area (Å²) < 4.78 is 0. The van der Waals surface area contributed by atoms with Crippen molar-refractivity contribution in [3.63, 3.8) is 0 Å². The number of nitrogens with one attached hydrogen (secondary N) is 1. The van der Waals surface area contributed by atoms with E-state index in [0.717, 1.165) is 10.6 Å². The number of fused-ring (bicyclic) bond motifs is 1. The Hall–Kier alpha value is -3.00. The van der Waals surface area contributed by atoms with E-state index in [9.17, 15) is 19.5 Å². The van der Waals surface area contributed by atoms with Gasteiger partial charge in [0.2, 0.25) is 5.91 Å². The minimum Gasteiger partial charge on any atom is -0.507 e. The van der Waals surface area contributed by atoms with Crippen LogP contribution in [0.4, 0.5) is 5.69 Å². The highest BCUT2D eigenvalue weighted by atomic mass is 32.2. The van der Waals surface area contributed by atoms with Crippen molar-refractivity contribution in [1.82, 2.24) is 9.80 Å². The summed E-state index contributed by atoms with van der Waals surface area (Å²) >= 11 is 1.60. The van der Waals surface area contributed by atoms with E-state index in [-0.39, 0.29) is 29.0 Å². The number of rotatable bonds is 2. The molecule has 2 aromatic rings. The lowest BCUT2D eigenvalue weighted by atomic mass is 10.1. The van der Waals surface area contributed by atoms with Crippen LogP contribution in [0.15, 0.2) is 47.4 Å². The number of benzene rings is 2. The molecule has 2 aliphatic rings. The molecular formula is C21H21N3O4S. The summed E-state index contributed by atoms with van der Waals surface area (Å²) in [6, 6.07) is 11.8. The maximum Gasteiger partial charge on any atom is 0.257 e. The third kappa shape index (κ3) is 4.07. The molecule has 7 nitrogen and oxygen atoms in total. The molecule has 0 radical (unpaired) electrons. The van der Waals surface area contributed by atoms with Crippen LogP contribution in [0.5, 0.6) is 5.75 Å². The average Bonchev–Trinajstić information content (AvgIpc) is 2.93. The van der Waals surface area contributed by atoms with Crippen LogP contribution in [0.1, 0.15) is 27.1 Å². The fourth-order valence-corrected chi connectivity index (χ4v) is 4.41. The summed E-state index contributed by atoms with van der Waals surface area (Å²) in [5, 5.41) is 12.8. The minimum absolute atomic E-state index is 0.0408. The van der Waals surface area contributed by atoms with Crippen molar-refractivity contribution >= 4 is 35.2 Å². The molecule has 0 atom stereocenters. The molecule has 0 aliphatic carbocycles. The van der Waals surface area contributed by atoms with Gasteiger partial charge in [-0.15, -0.1) is 11.8 Å². The summed E-state index contributed by atoms with van der Waals surface area (Å²) in [5.74, 6) is 0.281. The van der Waals surface area contributed by atoms with Crippen LogP contribution in [-0.4, -0.2) is 64.6 Å². The first-order valence-electron chi connectivity index (χ1n) is 9.46. The van der Waals surface area contributed by atoms with Gasteiger partial charge in [-0.2, -0.15) is 0 Å². The van der Waals surface area contributed by atoms with Gasteiger partial charge >= 0.3 is 0 Å². The molecule has 2 N–H and O–H groups in total. The molecule has 1 fully saturated rings. The quantitative estimate of drug-likeness (QED) is 0.792. The first-order chi connectivity index (χ1) is 14.0. The normalized spacial score (nSPS) is 16.6. The predicted molar refractivity (Wildman–Crippen MR) is 110 cm³/mol. The number of carbonyl (C=O) groups excluding carboxylic acids is 3. The van der Waals surface area contributed by atoms with Crippen LogP contribution in [-0.2, 0) is 4.79 Å². The Kier molecular flexibility index (Phi) is 5.44. The number of thioether (sulfide) groups is 1. The molecule has 0 saturated carbocycles. The van der Waals surface area contributed by atoms with Crippen LogP contribution in [0.2, 0.25) is 0 Å². The number of phenols is 1. The van der Waals surface area contributed by atoms with Gasteiger partial charge in [0.1, 0.15) is 5.75 Å². The van der Waals surface area contributed by atoms with Gasteiger partial charge in [0, 0.05) is 48.8 Å². The number of hydrogen-bond acceptors (Lipinski definition) is 5. The molecule has 29 heavy (non-hydrogen) atoms. The highest BCUT2D eigenvalue weighted by Crippen LogP contribution is 2.32. The second-order valence-electron chi connectivity index (χ2n) is 6.96. The Morgan fingerprint density at radius 1 is 0.966 bits per heavy atom. The minimum atomic E-state index is -0.236. The number of carbonyl (C=O) groups is 3. The van der Waals surface area contributed by atoms with Crippen LogP contribution in [0.3, 0.4) is 0 Å². The van der Waals surface area contributed by atoms with Crippen LogP contribution in [0, 0.1) is 0 Å². The molecule has 2 aliphatic heterocycles. The molecule has 0 aromatic heterocycles. The van der Waals surface area contributed by atoms with E-state index in [1.165, 1.54) is 6.07 Å². The van der Waals surface area contributed by atoms with Gasteiger partial charge in [0.25, 0.3) is 11.8 Å². The van der Waals surface area contributed by atoms with Crippen molar-refractivity contribution < 1.29 is 19.5 Å². The molecule has 4 rings (SSSR count). The zero-order valence-corrected chi connectivity index (χ0v) is 16.6.